The van der Waals surface area contributed by atoms with E-state index >= 15 is 0 Å². The number of aromatic nitrogens is 2. The van der Waals surface area contributed by atoms with Gasteiger partial charge in [-0.15, -0.1) is 0 Å². The Morgan fingerprint density at radius 1 is 1.04 bits per heavy atom. The monoisotopic (exact) mass is 345 g/mol. The molecule has 2 saturated heterocycles. The van der Waals surface area contributed by atoms with E-state index in [4.69, 9.17) is 4.74 Å². The highest BCUT2D eigenvalue weighted by atomic mass is 16.5. The summed E-state index contributed by atoms with van der Waals surface area (Å²) in [5, 5.41) is 10.8. The average Bonchev–Trinajstić information content (AvgIpc) is 3.01. The van der Waals surface area contributed by atoms with Gasteiger partial charge in [-0.1, -0.05) is 19.3 Å². The molecule has 3 heterocycles. The molecule has 138 valence electrons. The number of nitrogens with zero attached hydrogens (tertiary/aromatic N) is 3. The minimum atomic E-state index is -0.435. The number of ether oxygens (including phenoxy) is 1. The fraction of sp³-hybridized carbons (Fsp3) is 0.800. The number of rotatable bonds is 4. The van der Waals surface area contributed by atoms with E-state index in [2.05, 4.69) is 14.9 Å². The lowest BCUT2D eigenvalue weighted by molar-refractivity contribution is -0.0487. The SMILES string of the molecule is OC1(CN2CCC3(CCO[C@H]3Cc3cncnc3)CC2)CCCCC1. The van der Waals surface area contributed by atoms with E-state index in [1.165, 1.54) is 44.1 Å². The number of aliphatic hydroxyl groups is 1. The van der Waals surface area contributed by atoms with Crippen molar-refractivity contribution in [3.8, 4) is 0 Å². The Bertz CT molecular complexity index is 551. The Morgan fingerprint density at radius 2 is 1.76 bits per heavy atom. The van der Waals surface area contributed by atoms with Gasteiger partial charge in [-0.05, 0) is 50.8 Å². The molecule has 4 rings (SSSR count). The van der Waals surface area contributed by atoms with Gasteiger partial charge in [0.1, 0.15) is 6.33 Å². The van der Waals surface area contributed by atoms with Crippen LogP contribution in [-0.2, 0) is 11.2 Å². The first-order valence-corrected chi connectivity index (χ1v) is 9.98. The van der Waals surface area contributed by atoms with E-state index in [-0.39, 0.29) is 0 Å². The molecule has 0 amide bonds. The third-order valence-electron chi connectivity index (χ3n) is 6.79. The maximum Gasteiger partial charge on any atom is 0.115 e. The Kier molecular flexibility index (Phi) is 5.07. The zero-order valence-electron chi connectivity index (χ0n) is 15.2. The fourth-order valence-electron chi connectivity index (χ4n) is 5.18. The minimum absolute atomic E-state index is 0.290. The highest BCUT2D eigenvalue weighted by molar-refractivity contribution is 5.08. The van der Waals surface area contributed by atoms with Crippen molar-refractivity contribution in [1.29, 1.82) is 0 Å². The van der Waals surface area contributed by atoms with Crippen molar-refractivity contribution in [2.24, 2.45) is 5.41 Å². The van der Waals surface area contributed by atoms with Gasteiger partial charge in [0, 0.05) is 37.4 Å². The van der Waals surface area contributed by atoms with Crippen molar-refractivity contribution in [2.75, 3.05) is 26.2 Å². The molecule has 0 aromatic carbocycles. The molecule has 1 aromatic heterocycles. The summed E-state index contributed by atoms with van der Waals surface area (Å²) in [6.45, 7) is 3.92. The molecule has 1 aliphatic carbocycles. The number of hydrogen-bond donors (Lipinski definition) is 1. The molecular formula is C20H31N3O2. The fourth-order valence-corrected chi connectivity index (χ4v) is 5.18. The van der Waals surface area contributed by atoms with Crippen LogP contribution in [0.4, 0.5) is 0 Å². The standard InChI is InChI=1S/C20H31N3O2/c24-20(4-2-1-3-5-20)15-23-9-6-19(7-10-23)8-11-25-18(19)12-17-13-21-16-22-14-17/h13-14,16,18,24H,1-12,15H2/t18-/m0/s1. The van der Waals surface area contributed by atoms with Gasteiger partial charge in [-0.25, -0.2) is 9.97 Å². The van der Waals surface area contributed by atoms with Gasteiger partial charge in [-0.3, -0.25) is 0 Å². The van der Waals surface area contributed by atoms with E-state index in [9.17, 15) is 5.11 Å². The molecule has 1 saturated carbocycles. The summed E-state index contributed by atoms with van der Waals surface area (Å²) in [5.41, 5.74) is 1.05. The van der Waals surface area contributed by atoms with E-state index < -0.39 is 5.60 Å². The van der Waals surface area contributed by atoms with Crippen LogP contribution < -0.4 is 0 Å². The molecule has 25 heavy (non-hydrogen) atoms. The van der Waals surface area contributed by atoms with Crippen molar-refractivity contribution in [3.63, 3.8) is 0 Å². The Labute approximate surface area is 150 Å². The first kappa shape index (κ1) is 17.4. The zero-order chi connectivity index (χ0) is 17.2. The van der Waals surface area contributed by atoms with Crippen molar-refractivity contribution in [2.45, 2.75) is 69.5 Å². The average molecular weight is 345 g/mol. The van der Waals surface area contributed by atoms with Crippen LogP contribution in [0.5, 0.6) is 0 Å². The zero-order valence-corrected chi connectivity index (χ0v) is 15.2. The summed E-state index contributed by atoms with van der Waals surface area (Å²) in [4.78, 5) is 10.8. The van der Waals surface area contributed by atoms with Gasteiger partial charge in [0.25, 0.3) is 0 Å². The summed E-state index contributed by atoms with van der Waals surface area (Å²) in [6.07, 6.45) is 15.8. The molecule has 2 aliphatic heterocycles. The highest BCUT2D eigenvalue weighted by Crippen LogP contribution is 2.45. The summed E-state index contributed by atoms with van der Waals surface area (Å²) >= 11 is 0. The molecular weight excluding hydrogens is 314 g/mol. The van der Waals surface area contributed by atoms with Crippen molar-refractivity contribution < 1.29 is 9.84 Å². The van der Waals surface area contributed by atoms with Crippen LogP contribution in [0.3, 0.4) is 0 Å². The predicted octanol–water partition coefficient (Wildman–Crippen LogP) is 2.59. The van der Waals surface area contributed by atoms with Crippen molar-refractivity contribution in [3.05, 3.63) is 24.3 Å². The molecule has 5 nitrogen and oxygen atoms in total. The molecule has 1 atom stereocenters. The smallest absolute Gasteiger partial charge is 0.115 e. The minimum Gasteiger partial charge on any atom is -0.389 e. The summed E-state index contributed by atoms with van der Waals surface area (Å²) in [5.74, 6) is 0. The van der Waals surface area contributed by atoms with Crippen molar-refractivity contribution in [1.82, 2.24) is 14.9 Å². The highest BCUT2D eigenvalue weighted by Gasteiger charge is 2.46. The van der Waals surface area contributed by atoms with Gasteiger partial charge in [0.05, 0.1) is 11.7 Å². The quantitative estimate of drug-likeness (QED) is 0.909. The molecule has 0 radical (unpaired) electrons. The normalized spacial score (nSPS) is 29.1. The Balaban J connectivity index is 1.35. The predicted molar refractivity (Wildman–Crippen MR) is 96.2 cm³/mol. The topological polar surface area (TPSA) is 58.5 Å². The van der Waals surface area contributed by atoms with E-state index in [0.29, 0.717) is 11.5 Å². The molecule has 0 unspecified atom stereocenters. The largest absolute Gasteiger partial charge is 0.389 e. The van der Waals surface area contributed by atoms with Crippen LogP contribution in [0.2, 0.25) is 0 Å². The Morgan fingerprint density at radius 3 is 2.48 bits per heavy atom. The lowest BCUT2D eigenvalue weighted by Crippen LogP contribution is -2.50. The summed E-state index contributed by atoms with van der Waals surface area (Å²) in [6, 6.07) is 0. The maximum absolute atomic E-state index is 10.8. The third kappa shape index (κ3) is 3.88. The lowest BCUT2D eigenvalue weighted by Gasteiger charge is -2.45. The van der Waals surface area contributed by atoms with E-state index in [1.807, 2.05) is 12.4 Å². The first-order chi connectivity index (χ1) is 12.2. The Hall–Kier alpha value is -1.04. The molecule has 1 spiro atoms. The molecule has 5 heteroatoms. The number of β-amino-alcohol motifs (C(OH)–C–C–N with tert-alkyl or cyclic N) is 1. The maximum atomic E-state index is 10.8. The number of likely N-dealkylation sites (tertiary alicyclic amines) is 1. The van der Waals surface area contributed by atoms with Crippen LogP contribution >= 0.6 is 0 Å². The second kappa shape index (κ2) is 7.29. The van der Waals surface area contributed by atoms with Crippen molar-refractivity contribution >= 4 is 0 Å². The van der Waals surface area contributed by atoms with Gasteiger partial charge in [0.2, 0.25) is 0 Å². The van der Waals surface area contributed by atoms with Crippen LogP contribution in [0.25, 0.3) is 0 Å². The second-order valence-electron chi connectivity index (χ2n) is 8.48. The summed E-state index contributed by atoms with van der Waals surface area (Å²) in [7, 11) is 0. The molecule has 0 bridgehead atoms. The number of piperidine rings is 1. The number of hydrogen-bond acceptors (Lipinski definition) is 5. The van der Waals surface area contributed by atoms with Gasteiger partial charge >= 0.3 is 0 Å². The van der Waals surface area contributed by atoms with Gasteiger partial charge in [-0.2, -0.15) is 0 Å². The molecule has 3 fully saturated rings. The van der Waals surface area contributed by atoms with Crippen LogP contribution in [0.15, 0.2) is 18.7 Å². The lowest BCUT2D eigenvalue weighted by atomic mass is 9.71. The molecule has 1 aromatic rings. The summed E-state index contributed by atoms with van der Waals surface area (Å²) < 4.78 is 6.13. The molecule has 1 N–H and O–H groups in total. The van der Waals surface area contributed by atoms with Gasteiger partial charge in [0.15, 0.2) is 0 Å². The third-order valence-corrected chi connectivity index (χ3v) is 6.79. The molecule has 3 aliphatic rings. The first-order valence-electron chi connectivity index (χ1n) is 9.98. The van der Waals surface area contributed by atoms with Crippen LogP contribution in [0, 0.1) is 5.41 Å². The van der Waals surface area contributed by atoms with Gasteiger partial charge < -0.3 is 14.7 Å². The van der Waals surface area contributed by atoms with Crippen LogP contribution in [-0.4, -0.2) is 57.9 Å². The van der Waals surface area contributed by atoms with Crippen LogP contribution in [0.1, 0.15) is 56.9 Å². The van der Waals surface area contributed by atoms with E-state index in [0.717, 1.165) is 45.5 Å². The second-order valence-corrected chi connectivity index (χ2v) is 8.48. The van der Waals surface area contributed by atoms with E-state index in [1.54, 1.807) is 6.33 Å².